The number of hydrogen-bond acceptors (Lipinski definition) is 5. The summed E-state index contributed by atoms with van der Waals surface area (Å²) in [6.45, 7) is 4.42. The first kappa shape index (κ1) is 17.9. The van der Waals surface area contributed by atoms with E-state index in [0.717, 1.165) is 18.8 Å². The van der Waals surface area contributed by atoms with Gasteiger partial charge in [-0.1, -0.05) is 12.1 Å². The summed E-state index contributed by atoms with van der Waals surface area (Å²) in [7, 11) is 2.11. The van der Waals surface area contributed by atoms with Crippen LogP contribution in [-0.4, -0.2) is 55.7 Å². The Morgan fingerprint density at radius 3 is 2.56 bits per heavy atom. The van der Waals surface area contributed by atoms with E-state index in [1.807, 2.05) is 12.1 Å². The minimum atomic E-state index is 0.0165. The molecule has 2 heterocycles. The van der Waals surface area contributed by atoms with E-state index in [9.17, 15) is 4.79 Å². The first-order valence-electron chi connectivity index (χ1n) is 8.47. The molecule has 6 heteroatoms. The van der Waals surface area contributed by atoms with Crippen LogP contribution >= 0.6 is 11.3 Å². The third-order valence-electron chi connectivity index (χ3n) is 4.13. The maximum Gasteiger partial charge on any atom is 0.260 e. The summed E-state index contributed by atoms with van der Waals surface area (Å²) in [6.07, 6.45) is 0. The number of carbonyl (C=O) groups excluding carboxylic acids is 1. The Balaban J connectivity index is 1.44. The topological polar surface area (TPSA) is 42.0 Å². The van der Waals surface area contributed by atoms with Crippen molar-refractivity contribution in [2.24, 2.45) is 0 Å². The largest absolute Gasteiger partial charge is 0.484 e. The molecule has 2 aromatic rings. The highest BCUT2D eigenvalue weighted by Crippen LogP contribution is 2.15. The van der Waals surface area contributed by atoms with Crippen molar-refractivity contribution < 1.29 is 14.3 Å². The Bertz CT molecular complexity index is 652. The molecule has 1 aliphatic rings. The molecule has 1 aromatic heterocycles. The molecule has 0 bridgehead atoms. The van der Waals surface area contributed by atoms with Crippen molar-refractivity contribution in [3.8, 4) is 5.75 Å². The van der Waals surface area contributed by atoms with Gasteiger partial charge in [-0.3, -0.25) is 9.69 Å². The van der Waals surface area contributed by atoms with Gasteiger partial charge >= 0.3 is 0 Å². The molecule has 1 aromatic carbocycles. The molecule has 134 valence electrons. The second-order valence-electron chi connectivity index (χ2n) is 6.23. The van der Waals surface area contributed by atoms with Crippen LogP contribution in [0.15, 0.2) is 41.1 Å². The van der Waals surface area contributed by atoms with Crippen LogP contribution in [0.25, 0.3) is 0 Å². The Morgan fingerprint density at radius 1 is 1.16 bits per heavy atom. The van der Waals surface area contributed by atoms with Crippen LogP contribution in [0.1, 0.15) is 11.1 Å². The van der Waals surface area contributed by atoms with E-state index in [4.69, 9.17) is 9.47 Å². The van der Waals surface area contributed by atoms with Crippen molar-refractivity contribution in [1.29, 1.82) is 0 Å². The molecule has 1 saturated heterocycles. The predicted octanol–water partition coefficient (Wildman–Crippen LogP) is 2.62. The van der Waals surface area contributed by atoms with E-state index < -0.39 is 0 Å². The van der Waals surface area contributed by atoms with Gasteiger partial charge in [0.25, 0.3) is 5.91 Å². The van der Waals surface area contributed by atoms with Gasteiger partial charge in [0.1, 0.15) is 5.75 Å². The smallest absolute Gasteiger partial charge is 0.260 e. The maximum absolute atomic E-state index is 12.1. The number of carbonyl (C=O) groups is 1. The number of rotatable bonds is 7. The normalized spacial score (nSPS) is 14.7. The highest BCUT2D eigenvalue weighted by atomic mass is 32.1. The first-order chi connectivity index (χ1) is 12.2. The van der Waals surface area contributed by atoms with Crippen LogP contribution in [0, 0.1) is 0 Å². The third kappa shape index (κ3) is 5.56. The average Bonchev–Trinajstić information content (AvgIpc) is 3.14. The molecule has 3 rings (SSSR count). The van der Waals surface area contributed by atoms with Gasteiger partial charge < -0.3 is 14.4 Å². The standard InChI is InChI=1S/C19H24N2O3S/c1-20(13-17-6-11-25-15-17)12-16-2-4-18(5-3-16)24-14-19(22)21-7-9-23-10-8-21/h2-6,11,15H,7-10,12-14H2,1H3. The lowest BCUT2D eigenvalue weighted by Gasteiger charge is -2.26. The van der Waals surface area contributed by atoms with Crippen molar-refractivity contribution in [1.82, 2.24) is 9.80 Å². The Hall–Kier alpha value is -1.89. The molecule has 0 atom stereocenters. The molecule has 0 radical (unpaired) electrons. The third-order valence-corrected chi connectivity index (χ3v) is 4.87. The molecule has 0 aliphatic carbocycles. The van der Waals surface area contributed by atoms with Crippen molar-refractivity contribution in [3.05, 3.63) is 52.2 Å². The van der Waals surface area contributed by atoms with Crippen LogP contribution in [0.5, 0.6) is 5.75 Å². The number of thiophene rings is 1. The van der Waals surface area contributed by atoms with E-state index in [0.29, 0.717) is 26.3 Å². The second kappa shape index (κ2) is 8.99. The number of nitrogens with zero attached hydrogens (tertiary/aromatic N) is 2. The molecule has 5 nitrogen and oxygen atoms in total. The summed E-state index contributed by atoms with van der Waals surface area (Å²) < 4.78 is 10.9. The summed E-state index contributed by atoms with van der Waals surface area (Å²) >= 11 is 1.73. The molecule has 0 N–H and O–H groups in total. The van der Waals surface area contributed by atoms with Gasteiger partial charge in [-0.05, 0) is 47.1 Å². The van der Waals surface area contributed by atoms with E-state index in [1.54, 1.807) is 16.2 Å². The minimum absolute atomic E-state index is 0.0165. The molecular formula is C19H24N2O3S. The van der Waals surface area contributed by atoms with Crippen molar-refractivity contribution in [2.75, 3.05) is 40.0 Å². The van der Waals surface area contributed by atoms with Gasteiger partial charge in [-0.2, -0.15) is 11.3 Å². The molecular weight excluding hydrogens is 336 g/mol. The van der Waals surface area contributed by atoms with Crippen LogP contribution in [0.3, 0.4) is 0 Å². The fourth-order valence-electron chi connectivity index (χ4n) is 2.80. The molecule has 0 unspecified atom stereocenters. The number of amides is 1. The maximum atomic E-state index is 12.1. The van der Waals surface area contributed by atoms with E-state index in [1.165, 1.54) is 11.1 Å². The lowest BCUT2D eigenvalue weighted by Crippen LogP contribution is -2.42. The number of hydrogen-bond donors (Lipinski definition) is 0. The van der Waals surface area contributed by atoms with Gasteiger partial charge in [0.05, 0.1) is 13.2 Å². The van der Waals surface area contributed by atoms with Crippen LogP contribution in [-0.2, 0) is 22.6 Å². The number of benzene rings is 1. The van der Waals surface area contributed by atoms with Crippen molar-refractivity contribution in [3.63, 3.8) is 0 Å². The van der Waals surface area contributed by atoms with Crippen LogP contribution in [0.4, 0.5) is 0 Å². The average molecular weight is 360 g/mol. The Labute approximate surface area is 152 Å². The minimum Gasteiger partial charge on any atom is -0.484 e. The Kier molecular flexibility index (Phi) is 6.44. The van der Waals surface area contributed by atoms with Gasteiger partial charge in [0.2, 0.25) is 0 Å². The second-order valence-corrected chi connectivity index (χ2v) is 7.01. The van der Waals surface area contributed by atoms with E-state index in [2.05, 4.69) is 40.9 Å². The van der Waals surface area contributed by atoms with Gasteiger partial charge in [-0.15, -0.1) is 0 Å². The molecule has 25 heavy (non-hydrogen) atoms. The molecule has 0 saturated carbocycles. The highest BCUT2D eigenvalue weighted by molar-refractivity contribution is 7.07. The zero-order valence-corrected chi connectivity index (χ0v) is 15.3. The summed E-state index contributed by atoms with van der Waals surface area (Å²) in [6, 6.07) is 10.1. The highest BCUT2D eigenvalue weighted by Gasteiger charge is 2.17. The van der Waals surface area contributed by atoms with Crippen LogP contribution in [0.2, 0.25) is 0 Å². The van der Waals surface area contributed by atoms with E-state index in [-0.39, 0.29) is 12.5 Å². The first-order valence-corrected chi connectivity index (χ1v) is 9.42. The summed E-state index contributed by atoms with van der Waals surface area (Å²) in [5.41, 5.74) is 2.57. The molecule has 1 fully saturated rings. The zero-order valence-electron chi connectivity index (χ0n) is 14.5. The molecule has 0 spiro atoms. The predicted molar refractivity (Wildman–Crippen MR) is 98.8 cm³/mol. The van der Waals surface area contributed by atoms with Crippen molar-refractivity contribution >= 4 is 17.2 Å². The fraction of sp³-hybridized carbons (Fsp3) is 0.421. The quantitative estimate of drug-likeness (QED) is 0.761. The monoisotopic (exact) mass is 360 g/mol. The zero-order chi connectivity index (χ0) is 17.5. The lowest BCUT2D eigenvalue weighted by molar-refractivity contribution is -0.137. The summed E-state index contributed by atoms with van der Waals surface area (Å²) in [5, 5.41) is 4.28. The van der Waals surface area contributed by atoms with Gasteiger partial charge in [0.15, 0.2) is 6.61 Å². The molecule has 1 amide bonds. The van der Waals surface area contributed by atoms with Crippen molar-refractivity contribution in [2.45, 2.75) is 13.1 Å². The Morgan fingerprint density at radius 2 is 1.88 bits per heavy atom. The number of morpholine rings is 1. The summed E-state index contributed by atoms with van der Waals surface area (Å²) in [5.74, 6) is 0.744. The summed E-state index contributed by atoms with van der Waals surface area (Å²) in [4.78, 5) is 16.1. The van der Waals surface area contributed by atoms with Gasteiger partial charge in [-0.25, -0.2) is 0 Å². The molecule has 1 aliphatic heterocycles. The SMILES string of the molecule is CN(Cc1ccc(OCC(=O)N2CCOCC2)cc1)Cc1ccsc1. The van der Waals surface area contributed by atoms with Crippen LogP contribution < -0.4 is 4.74 Å². The fourth-order valence-corrected chi connectivity index (χ4v) is 3.46. The van der Waals surface area contributed by atoms with Gasteiger partial charge in [0, 0.05) is 26.2 Å². The lowest BCUT2D eigenvalue weighted by atomic mass is 10.2. The number of ether oxygens (including phenoxy) is 2. The van der Waals surface area contributed by atoms with E-state index >= 15 is 0 Å².